The van der Waals surface area contributed by atoms with Gasteiger partial charge in [0.2, 0.25) is 0 Å². The van der Waals surface area contributed by atoms with Crippen LogP contribution in [0.25, 0.3) is 22.2 Å². The number of aromatic amines is 1. The van der Waals surface area contributed by atoms with E-state index in [0.29, 0.717) is 6.61 Å². The molecule has 4 heteroatoms. The fourth-order valence-electron chi connectivity index (χ4n) is 4.00. The molecule has 0 unspecified atom stereocenters. The molecule has 0 spiro atoms. The van der Waals surface area contributed by atoms with Crippen LogP contribution in [0.5, 0.6) is 0 Å². The topological polar surface area (TPSA) is 63.9 Å². The molecule has 148 valence electrons. The zero-order valence-electron chi connectivity index (χ0n) is 17.0. The number of nitrogens with two attached hydrogens (primary N) is 1. The lowest BCUT2D eigenvalue weighted by molar-refractivity contribution is 0.110. The van der Waals surface area contributed by atoms with E-state index in [9.17, 15) is 0 Å². The van der Waals surface area contributed by atoms with Gasteiger partial charge in [0.1, 0.15) is 5.65 Å². The summed E-state index contributed by atoms with van der Waals surface area (Å²) in [5.74, 6) is 0. The molecule has 0 saturated carbocycles. The highest BCUT2D eigenvalue weighted by atomic mass is 16.5. The molecule has 3 N–H and O–H groups in total. The zero-order chi connectivity index (χ0) is 20.2. The van der Waals surface area contributed by atoms with Gasteiger partial charge in [0.15, 0.2) is 0 Å². The number of pyridine rings is 1. The molecule has 4 nitrogen and oxygen atoms in total. The molecule has 29 heavy (non-hydrogen) atoms. The first-order chi connectivity index (χ1) is 14.3. The van der Waals surface area contributed by atoms with E-state index in [-0.39, 0.29) is 0 Å². The minimum Gasteiger partial charge on any atom is -0.376 e. The third kappa shape index (κ3) is 3.95. The number of hydrogen-bond donors (Lipinski definition) is 2. The van der Waals surface area contributed by atoms with E-state index < -0.39 is 0 Å². The Bertz CT molecular complexity index is 1120. The molecular formula is C25H27N3O. The second-order valence-electron chi connectivity index (χ2n) is 7.33. The number of nitrogens with one attached hydrogen (secondary N) is 1. The molecule has 5 rings (SSSR count). The Labute approximate surface area is 171 Å². The third-order valence-electron chi connectivity index (χ3n) is 5.51. The highest BCUT2D eigenvalue weighted by Gasteiger charge is 2.17. The molecule has 0 saturated heterocycles. The lowest BCUT2D eigenvalue weighted by atomic mass is 9.89. The summed E-state index contributed by atoms with van der Waals surface area (Å²) in [6.45, 7) is 3.64. The lowest BCUT2D eigenvalue weighted by Crippen LogP contribution is -2.13. The number of aromatic nitrogens is 2. The van der Waals surface area contributed by atoms with Gasteiger partial charge in [0.05, 0.1) is 13.2 Å². The summed E-state index contributed by atoms with van der Waals surface area (Å²) < 4.78 is 5.77. The van der Waals surface area contributed by atoms with Crippen LogP contribution in [0.3, 0.4) is 0 Å². The van der Waals surface area contributed by atoms with Crippen molar-refractivity contribution in [3.63, 3.8) is 0 Å². The first-order valence-corrected chi connectivity index (χ1v) is 10.1. The van der Waals surface area contributed by atoms with Crippen LogP contribution in [0, 0.1) is 6.92 Å². The van der Waals surface area contributed by atoms with Crippen LogP contribution in [0.15, 0.2) is 60.9 Å². The first-order valence-electron chi connectivity index (χ1n) is 10.1. The second kappa shape index (κ2) is 8.60. The van der Waals surface area contributed by atoms with Gasteiger partial charge < -0.3 is 15.5 Å². The third-order valence-corrected chi connectivity index (χ3v) is 5.51. The van der Waals surface area contributed by atoms with E-state index in [2.05, 4.69) is 71.2 Å². The number of hydrogen-bond acceptors (Lipinski definition) is 3. The van der Waals surface area contributed by atoms with Crippen LogP contribution in [0.1, 0.15) is 27.8 Å². The summed E-state index contributed by atoms with van der Waals surface area (Å²) in [6.07, 6.45) is 5.90. The Morgan fingerprint density at radius 3 is 2.72 bits per heavy atom. The molecule has 0 radical (unpaired) electrons. The van der Waals surface area contributed by atoms with Crippen LogP contribution in [0.2, 0.25) is 0 Å². The maximum Gasteiger partial charge on any atom is 0.137 e. The monoisotopic (exact) mass is 385 g/mol. The second-order valence-corrected chi connectivity index (χ2v) is 7.33. The van der Waals surface area contributed by atoms with Crippen molar-refractivity contribution in [3.8, 4) is 11.1 Å². The predicted molar refractivity (Wildman–Crippen MR) is 119 cm³/mol. The van der Waals surface area contributed by atoms with Crippen LogP contribution in [0.4, 0.5) is 0 Å². The molecule has 0 bridgehead atoms. The summed E-state index contributed by atoms with van der Waals surface area (Å²) in [6, 6.07) is 17.6. The highest BCUT2D eigenvalue weighted by molar-refractivity contribution is 5.84. The van der Waals surface area contributed by atoms with Crippen molar-refractivity contribution in [2.45, 2.75) is 26.4 Å². The van der Waals surface area contributed by atoms with Gasteiger partial charge >= 0.3 is 0 Å². The number of nitrogens with zero attached hydrogens (tertiary/aromatic N) is 1. The van der Waals surface area contributed by atoms with Crippen molar-refractivity contribution in [1.82, 2.24) is 9.97 Å². The number of fused-ring (bicyclic) bond motifs is 2. The number of H-pyrrole nitrogens is 1. The molecule has 0 aliphatic carbocycles. The molecule has 0 atom stereocenters. The molecular weight excluding hydrogens is 358 g/mol. The average Bonchev–Trinajstić information content (AvgIpc) is 3.16. The molecule has 0 fully saturated rings. The molecule has 1 aliphatic rings. The van der Waals surface area contributed by atoms with Gasteiger partial charge in [-0.2, -0.15) is 0 Å². The van der Waals surface area contributed by atoms with Gasteiger partial charge in [-0.15, -0.1) is 0 Å². The summed E-state index contributed by atoms with van der Waals surface area (Å²) in [7, 11) is 1.50. The smallest absolute Gasteiger partial charge is 0.137 e. The maximum absolute atomic E-state index is 5.77. The fourth-order valence-corrected chi connectivity index (χ4v) is 4.00. The van der Waals surface area contributed by atoms with E-state index in [0.717, 1.165) is 25.1 Å². The Morgan fingerprint density at radius 1 is 1.07 bits per heavy atom. The van der Waals surface area contributed by atoms with E-state index in [1.165, 1.54) is 51.4 Å². The summed E-state index contributed by atoms with van der Waals surface area (Å²) in [5, 5.41) is 1.19. The Morgan fingerprint density at radius 2 is 1.90 bits per heavy atom. The van der Waals surface area contributed by atoms with Crippen molar-refractivity contribution < 1.29 is 4.74 Å². The van der Waals surface area contributed by atoms with Crippen LogP contribution in [-0.4, -0.2) is 23.6 Å². The van der Waals surface area contributed by atoms with Crippen molar-refractivity contribution in [2.75, 3.05) is 13.7 Å². The molecule has 4 aromatic rings. The van der Waals surface area contributed by atoms with E-state index in [1.54, 1.807) is 0 Å². The standard InChI is InChI=1S/C24H22N2O.CH5N/c1-16-13-25-24-22(16)12-21(14-26-24)19-10-18-7-8-27-15-23(18)20(11-19)9-17-5-3-2-4-6-17;1-2/h2-6,10-14H,7-9,15H2,1H3,(H,25,26);2H2,1H3. The van der Waals surface area contributed by atoms with E-state index >= 15 is 0 Å². The van der Waals surface area contributed by atoms with Crippen molar-refractivity contribution in [1.29, 1.82) is 0 Å². The normalized spacial score (nSPS) is 12.9. The minimum atomic E-state index is 0.714. The van der Waals surface area contributed by atoms with Gasteiger partial charge in [-0.05, 0) is 66.3 Å². The summed E-state index contributed by atoms with van der Waals surface area (Å²) in [5.41, 5.74) is 14.6. The van der Waals surface area contributed by atoms with Gasteiger partial charge in [-0.25, -0.2) is 4.98 Å². The van der Waals surface area contributed by atoms with Crippen LogP contribution < -0.4 is 5.73 Å². The Kier molecular flexibility index (Phi) is 5.74. The Balaban J connectivity index is 0.000000994. The van der Waals surface area contributed by atoms with E-state index in [4.69, 9.17) is 4.74 Å². The van der Waals surface area contributed by atoms with E-state index in [1.807, 2.05) is 12.4 Å². The first kappa shape index (κ1) is 19.4. The minimum absolute atomic E-state index is 0.714. The molecule has 2 aromatic carbocycles. The molecule has 3 heterocycles. The lowest BCUT2D eigenvalue weighted by Gasteiger charge is -2.22. The fraction of sp³-hybridized carbons (Fsp3) is 0.240. The van der Waals surface area contributed by atoms with Crippen molar-refractivity contribution >= 4 is 11.0 Å². The van der Waals surface area contributed by atoms with Gasteiger partial charge in [0, 0.05) is 23.3 Å². The zero-order valence-corrected chi connectivity index (χ0v) is 17.0. The quantitative estimate of drug-likeness (QED) is 0.534. The number of ether oxygens (including phenoxy) is 1. The van der Waals surface area contributed by atoms with Crippen molar-refractivity contribution in [2.24, 2.45) is 5.73 Å². The van der Waals surface area contributed by atoms with Gasteiger partial charge in [-0.3, -0.25) is 0 Å². The summed E-state index contributed by atoms with van der Waals surface area (Å²) >= 11 is 0. The SMILES string of the molecule is CN.Cc1c[nH]c2ncc(-c3cc4c(c(Cc5ccccc5)c3)COCC4)cc12. The maximum atomic E-state index is 5.77. The average molecular weight is 386 g/mol. The number of benzene rings is 2. The molecule has 1 aliphatic heterocycles. The van der Waals surface area contributed by atoms with Crippen LogP contribution in [-0.2, 0) is 24.2 Å². The van der Waals surface area contributed by atoms with Crippen LogP contribution >= 0.6 is 0 Å². The summed E-state index contributed by atoms with van der Waals surface area (Å²) in [4.78, 5) is 7.86. The largest absolute Gasteiger partial charge is 0.376 e. The molecule has 0 amide bonds. The number of aryl methyl sites for hydroxylation is 1. The van der Waals surface area contributed by atoms with Gasteiger partial charge in [-0.1, -0.05) is 42.5 Å². The van der Waals surface area contributed by atoms with Crippen molar-refractivity contribution in [3.05, 3.63) is 88.7 Å². The highest BCUT2D eigenvalue weighted by Crippen LogP contribution is 2.31. The number of rotatable bonds is 3. The molecule has 2 aromatic heterocycles. The van der Waals surface area contributed by atoms with Gasteiger partial charge in [0.25, 0.3) is 0 Å². The predicted octanol–water partition coefficient (Wildman–Crippen LogP) is 4.78. The Hall–Kier alpha value is -2.95.